The maximum Gasteiger partial charge on any atom is 0.243 e. The van der Waals surface area contributed by atoms with Crippen molar-refractivity contribution in [1.29, 1.82) is 0 Å². The third-order valence-corrected chi connectivity index (χ3v) is 6.79. The Morgan fingerprint density at radius 3 is 2.65 bits per heavy atom. The van der Waals surface area contributed by atoms with Crippen molar-refractivity contribution in [3.05, 3.63) is 64.4 Å². The van der Waals surface area contributed by atoms with Gasteiger partial charge in [-0.15, -0.1) is 11.3 Å². The van der Waals surface area contributed by atoms with Crippen molar-refractivity contribution < 1.29 is 13.5 Å². The zero-order chi connectivity index (χ0) is 16.4. The molecule has 2 atom stereocenters. The molecule has 0 bridgehead atoms. The van der Waals surface area contributed by atoms with E-state index in [-0.39, 0.29) is 12.5 Å². The lowest BCUT2D eigenvalue weighted by atomic mass is 9.98. The Morgan fingerprint density at radius 2 is 2.00 bits per heavy atom. The average molecular weight is 349 g/mol. The van der Waals surface area contributed by atoms with Crippen molar-refractivity contribution in [2.24, 2.45) is 5.92 Å². The Morgan fingerprint density at radius 1 is 1.26 bits per heavy atom. The molecule has 6 heteroatoms. The van der Waals surface area contributed by atoms with Crippen LogP contribution in [0.2, 0.25) is 0 Å². The van der Waals surface area contributed by atoms with E-state index in [1.165, 1.54) is 15.6 Å². The van der Waals surface area contributed by atoms with E-state index in [2.05, 4.69) is 0 Å². The van der Waals surface area contributed by atoms with Crippen molar-refractivity contribution in [2.45, 2.75) is 17.9 Å². The minimum absolute atomic E-state index is 0.234. The van der Waals surface area contributed by atoms with Crippen LogP contribution in [-0.2, 0) is 10.0 Å². The molecule has 122 valence electrons. The van der Waals surface area contributed by atoms with Crippen LogP contribution in [0.4, 0.5) is 0 Å². The van der Waals surface area contributed by atoms with Crippen LogP contribution in [0.3, 0.4) is 0 Å². The van der Waals surface area contributed by atoms with Gasteiger partial charge in [0.2, 0.25) is 10.0 Å². The molecule has 4 nitrogen and oxygen atoms in total. The summed E-state index contributed by atoms with van der Waals surface area (Å²) in [5.41, 5.74) is 1.02. The zero-order valence-electron chi connectivity index (χ0n) is 12.8. The first-order valence-corrected chi connectivity index (χ1v) is 9.75. The summed E-state index contributed by atoms with van der Waals surface area (Å²) in [5, 5.41) is 12.4. The van der Waals surface area contributed by atoms with E-state index in [4.69, 9.17) is 0 Å². The molecule has 0 spiro atoms. The highest BCUT2D eigenvalue weighted by atomic mass is 32.2. The van der Waals surface area contributed by atoms with Gasteiger partial charge in [0.15, 0.2) is 0 Å². The fourth-order valence-electron chi connectivity index (χ4n) is 2.65. The summed E-state index contributed by atoms with van der Waals surface area (Å²) in [5.74, 6) is -0.234. The highest BCUT2D eigenvalue weighted by Gasteiger charge is 2.31. The molecular formula is C17H19NO3S2. The summed E-state index contributed by atoms with van der Waals surface area (Å²) >= 11 is 1.48. The molecule has 1 N–H and O–H groups in total. The Bertz CT molecular complexity index is 780. The molecule has 1 aromatic heterocycles. The van der Waals surface area contributed by atoms with E-state index in [0.717, 1.165) is 10.4 Å². The maximum atomic E-state index is 12.8. The number of aliphatic hydroxyl groups excluding tert-OH is 1. The van der Waals surface area contributed by atoms with Crippen LogP contribution >= 0.6 is 11.3 Å². The average Bonchev–Trinajstić information content (AvgIpc) is 3.09. The van der Waals surface area contributed by atoms with Crippen LogP contribution < -0.4 is 0 Å². The van der Waals surface area contributed by atoms with E-state index in [9.17, 15) is 13.5 Å². The molecule has 0 amide bonds. The van der Waals surface area contributed by atoms with Crippen LogP contribution in [0, 0.1) is 12.8 Å². The van der Waals surface area contributed by atoms with Gasteiger partial charge in [-0.1, -0.05) is 35.9 Å². The van der Waals surface area contributed by atoms with Gasteiger partial charge >= 0.3 is 0 Å². The lowest BCUT2D eigenvalue weighted by Crippen LogP contribution is -2.39. The molecule has 0 unspecified atom stereocenters. The van der Waals surface area contributed by atoms with Crippen LogP contribution in [0.1, 0.15) is 16.5 Å². The second-order valence-electron chi connectivity index (χ2n) is 5.69. The first kappa shape index (κ1) is 16.4. The number of aliphatic hydroxyl groups is 1. The number of aryl methyl sites for hydroxylation is 1. The summed E-state index contributed by atoms with van der Waals surface area (Å²) in [6, 6.07) is 10.6. The molecule has 0 saturated carbocycles. The van der Waals surface area contributed by atoms with E-state index in [1.54, 1.807) is 24.3 Å². The van der Waals surface area contributed by atoms with Crippen LogP contribution in [-0.4, -0.2) is 30.9 Å². The third-order valence-electron chi connectivity index (χ3n) is 4.01. The number of sulfonamides is 1. The molecule has 1 aliphatic heterocycles. The Kier molecular flexibility index (Phi) is 4.68. The number of benzene rings is 1. The molecular weight excluding hydrogens is 330 g/mol. The zero-order valence-corrected chi connectivity index (χ0v) is 14.4. The molecule has 2 heterocycles. The highest BCUT2D eigenvalue weighted by Crippen LogP contribution is 2.31. The molecule has 0 aliphatic carbocycles. The van der Waals surface area contributed by atoms with Gasteiger partial charge in [-0.05, 0) is 30.5 Å². The predicted molar refractivity (Wildman–Crippen MR) is 91.8 cm³/mol. The molecule has 0 radical (unpaired) electrons. The lowest BCUT2D eigenvalue weighted by Gasteiger charge is -2.30. The number of hydrogen-bond donors (Lipinski definition) is 1. The van der Waals surface area contributed by atoms with E-state index in [1.807, 2.05) is 36.6 Å². The second-order valence-corrected chi connectivity index (χ2v) is 8.60. The Balaban J connectivity index is 1.81. The number of nitrogens with zero attached hydrogens (tertiary/aromatic N) is 1. The Labute approximate surface area is 140 Å². The first-order valence-electron chi connectivity index (χ1n) is 7.43. The van der Waals surface area contributed by atoms with Crippen molar-refractivity contribution in [1.82, 2.24) is 4.31 Å². The minimum Gasteiger partial charge on any atom is -0.387 e. The van der Waals surface area contributed by atoms with Crippen LogP contribution in [0.5, 0.6) is 0 Å². The Hall–Kier alpha value is -1.47. The molecule has 0 fully saturated rings. The predicted octanol–water partition coefficient (Wildman–Crippen LogP) is 2.97. The second kappa shape index (κ2) is 6.57. The normalized spacial score (nSPS) is 20.5. The molecule has 0 saturated heterocycles. The van der Waals surface area contributed by atoms with Gasteiger partial charge in [0.05, 0.1) is 11.0 Å². The fraction of sp³-hybridized carbons (Fsp3) is 0.294. The summed E-state index contributed by atoms with van der Waals surface area (Å²) in [6.45, 7) is 2.54. The molecule has 2 aromatic rings. The van der Waals surface area contributed by atoms with Gasteiger partial charge in [0.1, 0.15) is 0 Å². The molecule has 1 aromatic carbocycles. The summed E-state index contributed by atoms with van der Waals surface area (Å²) < 4.78 is 27.0. The third kappa shape index (κ3) is 3.40. The monoisotopic (exact) mass is 349 g/mol. The van der Waals surface area contributed by atoms with E-state index < -0.39 is 16.1 Å². The van der Waals surface area contributed by atoms with E-state index >= 15 is 0 Å². The van der Waals surface area contributed by atoms with Crippen molar-refractivity contribution in [3.8, 4) is 0 Å². The molecule has 23 heavy (non-hydrogen) atoms. The summed E-state index contributed by atoms with van der Waals surface area (Å²) in [4.78, 5) is 1.15. The van der Waals surface area contributed by atoms with Crippen molar-refractivity contribution in [2.75, 3.05) is 13.1 Å². The maximum absolute atomic E-state index is 12.8. The lowest BCUT2D eigenvalue weighted by molar-refractivity contribution is 0.120. The minimum atomic E-state index is -3.54. The topological polar surface area (TPSA) is 57.6 Å². The number of rotatable bonds is 4. The molecule has 1 aliphatic rings. The first-order chi connectivity index (χ1) is 11.0. The SMILES string of the molecule is Cc1ccc(S(=O)(=O)N2CC=C[C@H]([C@@H](O)c3cccs3)C2)cc1. The van der Waals surface area contributed by atoms with Crippen LogP contribution in [0.25, 0.3) is 0 Å². The quantitative estimate of drug-likeness (QED) is 0.864. The van der Waals surface area contributed by atoms with Crippen LogP contribution in [0.15, 0.2) is 58.8 Å². The van der Waals surface area contributed by atoms with Gasteiger partial charge in [-0.25, -0.2) is 8.42 Å². The van der Waals surface area contributed by atoms with Gasteiger partial charge in [-0.3, -0.25) is 0 Å². The summed E-state index contributed by atoms with van der Waals surface area (Å²) in [7, 11) is -3.54. The summed E-state index contributed by atoms with van der Waals surface area (Å²) in [6.07, 6.45) is 3.05. The number of thiophene rings is 1. The van der Waals surface area contributed by atoms with Gasteiger partial charge in [-0.2, -0.15) is 4.31 Å². The smallest absolute Gasteiger partial charge is 0.243 e. The van der Waals surface area contributed by atoms with Gasteiger partial charge in [0, 0.05) is 23.9 Å². The largest absolute Gasteiger partial charge is 0.387 e. The number of hydrogen-bond acceptors (Lipinski definition) is 4. The highest BCUT2D eigenvalue weighted by molar-refractivity contribution is 7.89. The van der Waals surface area contributed by atoms with Gasteiger partial charge in [0.25, 0.3) is 0 Å². The van der Waals surface area contributed by atoms with Crippen molar-refractivity contribution in [3.63, 3.8) is 0 Å². The van der Waals surface area contributed by atoms with Crippen molar-refractivity contribution >= 4 is 21.4 Å². The van der Waals surface area contributed by atoms with E-state index in [0.29, 0.717) is 11.4 Å². The standard InChI is InChI=1S/C17H19NO3S2/c1-13-6-8-15(9-7-13)23(20,21)18-10-2-4-14(12-18)17(19)16-5-3-11-22-16/h2-9,11,14,17,19H,10,12H2,1H3/t14-,17+/m0/s1. The molecule has 3 rings (SSSR count). The fourth-order valence-corrected chi connectivity index (χ4v) is 4.87. The van der Waals surface area contributed by atoms with Gasteiger partial charge < -0.3 is 5.11 Å².